The van der Waals surface area contributed by atoms with Crippen molar-refractivity contribution in [2.75, 3.05) is 19.6 Å². The van der Waals surface area contributed by atoms with Gasteiger partial charge in [-0.1, -0.05) is 48.9 Å². The third kappa shape index (κ3) is 5.70. The molecule has 1 N–H and O–H groups in total. The van der Waals surface area contributed by atoms with Crippen LogP contribution in [0.5, 0.6) is 5.75 Å². The van der Waals surface area contributed by atoms with Crippen molar-refractivity contribution in [3.8, 4) is 5.75 Å². The molecule has 0 aliphatic carbocycles. The highest BCUT2D eigenvalue weighted by Gasteiger charge is 2.13. The van der Waals surface area contributed by atoms with E-state index < -0.39 is 0 Å². The van der Waals surface area contributed by atoms with Crippen molar-refractivity contribution in [1.29, 1.82) is 0 Å². The lowest BCUT2D eigenvalue weighted by molar-refractivity contribution is -0.122. The number of piperidine rings is 1. The molecule has 2 aromatic rings. The topological polar surface area (TPSA) is 53.9 Å². The lowest BCUT2D eigenvalue weighted by Gasteiger charge is -2.25. The summed E-state index contributed by atoms with van der Waals surface area (Å²) in [4.78, 5) is 14.2. The molecule has 26 heavy (non-hydrogen) atoms. The van der Waals surface area contributed by atoms with Gasteiger partial charge in [-0.2, -0.15) is 5.10 Å². The second-order valence-corrected chi connectivity index (χ2v) is 6.44. The minimum atomic E-state index is -0.0779. The van der Waals surface area contributed by atoms with Crippen LogP contribution in [0.1, 0.15) is 30.4 Å². The van der Waals surface area contributed by atoms with Crippen molar-refractivity contribution < 1.29 is 9.53 Å². The molecule has 0 spiro atoms. The van der Waals surface area contributed by atoms with E-state index >= 15 is 0 Å². The summed E-state index contributed by atoms with van der Waals surface area (Å²) in [5, 5.41) is 4.09. The second-order valence-electron chi connectivity index (χ2n) is 6.44. The molecule has 0 bridgehead atoms. The summed E-state index contributed by atoms with van der Waals surface area (Å²) in [6, 6.07) is 17.7. The third-order valence-electron chi connectivity index (χ3n) is 4.36. The van der Waals surface area contributed by atoms with E-state index in [2.05, 4.69) is 15.4 Å². The van der Waals surface area contributed by atoms with Crippen LogP contribution in [0, 0.1) is 0 Å². The van der Waals surface area contributed by atoms with Crippen LogP contribution in [0.3, 0.4) is 0 Å². The molecule has 136 valence electrons. The summed E-state index contributed by atoms with van der Waals surface area (Å²) in [7, 11) is 0. The van der Waals surface area contributed by atoms with Crippen molar-refractivity contribution >= 4 is 12.1 Å². The third-order valence-corrected chi connectivity index (χ3v) is 4.36. The van der Waals surface area contributed by atoms with Gasteiger partial charge in [-0.15, -0.1) is 0 Å². The molecule has 1 fully saturated rings. The van der Waals surface area contributed by atoms with Gasteiger partial charge in [0.05, 0.1) is 12.8 Å². The largest absolute Gasteiger partial charge is 0.488 e. The smallest absolute Gasteiger partial charge is 0.254 e. The number of hydrogen-bond donors (Lipinski definition) is 1. The number of para-hydroxylation sites is 1. The molecule has 5 heteroatoms. The Hall–Kier alpha value is -2.66. The number of ether oxygens (including phenoxy) is 1. The maximum Gasteiger partial charge on any atom is 0.254 e. The normalized spacial score (nSPS) is 15.1. The molecule has 0 radical (unpaired) electrons. The van der Waals surface area contributed by atoms with Gasteiger partial charge < -0.3 is 4.74 Å². The number of rotatable bonds is 7. The minimum Gasteiger partial charge on any atom is -0.488 e. The molecule has 0 aromatic heterocycles. The number of benzene rings is 2. The molecule has 0 atom stereocenters. The first-order chi connectivity index (χ1) is 12.8. The number of nitrogens with zero attached hydrogens (tertiary/aromatic N) is 2. The Morgan fingerprint density at radius 2 is 1.77 bits per heavy atom. The molecule has 2 aromatic carbocycles. The molecule has 3 rings (SSSR count). The zero-order valence-corrected chi connectivity index (χ0v) is 14.9. The van der Waals surface area contributed by atoms with E-state index in [9.17, 15) is 4.79 Å². The lowest BCUT2D eigenvalue weighted by atomic mass is 10.1. The average molecular weight is 351 g/mol. The summed E-state index contributed by atoms with van der Waals surface area (Å²) in [6.07, 6.45) is 5.23. The Labute approximate surface area is 154 Å². The molecule has 1 amide bonds. The van der Waals surface area contributed by atoms with Gasteiger partial charge >= 0.3 is 0 Å². The van der Waals surface area contributed by atoms with Crippen LogP contribution in [0.2, 0.25) is 0 Å². The van der Waals surface area contributed by atoms with Gasteiger partial charge in [-0.3, -0.25) is 9.69 Å². The zero-order chi connectivity index (χ0) is 18.0. The first-order valence-electron chi connectivity index (χ1n) is 9.11. The number of carbonyl (C=O) groups is 1. The first-order valence-corrected chi connectivity index (χ1v) is 9.11. The molecular formula is C21H25N3O2. The number of hydrazone groups is 1. The van der Waals surface area contributed by atoms with E-state index in [1.807, 2.05) is 54.6 Å². The molecule has 1 aliphatic rings. The summed E-state index contributed by atoms with van der Waals surface area (Å²) in [6.45, 7) is 2.89. The SMILES string of the molecule is O=C(CN1CCCCC1)N/N=C/c1ccccc1OCc1ccccc1. The van der Waals surface area contributed by atoms with E-state index in [1.165, 1.54) is 19.3 Å². The summed E-state index contributed by atoms with van der Waals surface area (Å²) >= 11 is 0. The maximum absolute atomic E-state index is 12.0. The van der Waals surface area contributed by atoms with E-state index in [0.717, 1.165) is 30.0 Å². The second kappa shape index (κ2) is 9.73. The molecule has 0 saturated carbocycles. The first kappa shape index (κ1) is 18.1. The summed E-state index contributed by atoms with van der Waals surface area (Å²) in [5.74, 6) is 0.663. The molecule has 1 heterocycles. The van der Waals surface area contributed by atoms with Gasteiger partial charge in [0.25, 0.3) is 5.91 Å². The molecular weight excluding hydrogens is 326 g/mol. The lowest BCUT2D eigenvalue weighted by Crippen LogP contribution is -2.38. The van der Waals surface area contributed by atoms with Gasteiger partial charge in [0.1, 0.15) is 12.4 Å². The van der Waals surface area contributed by atoms with Crippen LogP contribution in [0.4, 0.5) is 0 Å². The van der Waals surface area contributed by atoms with Crippen LogP contribution in [0.25, 0.3) is 0 Å². The van der Waals surface area contributed by atoms with E-state index in [-0.39, 0.29) is 5.91 Å². The molecule has 5 nitrogen and oxygen atoms in total. The highest BCUT2D eigenvalue weighted by atomic mass is 16.5. The summed E-state index contributed by atoms with van der Waals surface area (Å²) in [5.41, 5.74) is 4.55. The van der Waals surface area contributed by atoms with E-state index in [4.69, 9.17) is 4.74 Å². The van der Waals surface area contributed by atoms with Crippen LogP contribution in [0.15, 0.2) is 59.7 Å². The van der Waals surface area contributed by atoms with Crippen LogP contribution in [-0.2, 0) is 11.4 Å². The van der Waals surface area contributed by atoms with Gasteiger partial charge in [-0.25, -0.2) is 5.43 Å². The standard InChI is InChI=1S/C21H25N3O2/c25-21(16-24-13-7-2-8-14-24)23-22-15-19-11-5-6-12-20(19)26-17-18-9-3-1-4-10-18/h1,3-6,9-12,15H,2,7-8,13-14,16-17H2,(H,23,25)/b22-15+. The fourth-order valence-electron chi connectivity index (χ4n) is 2.98. The van der Waals surface area contributed by atoms with Crippen molar-refractivity contribution in [2.24, 2.45) is 5.10 Å². The van der Waals surface area contributed by atoms with E-state index in [1.54, 1.807) is 6.21 Å². The fourth-order valence-corrected chi connectivity index (χ4v) is 2.98. The fraction of sp³-hybridized carbons (Fsp3) is 0.333. The number of hydrogen-bond acceptors (Lipinski definition) is 4. The number of carbonyl (C=O) groups excluding carboxylic acids is 1. The van der Waals surface area contributed by atoms with Crippen molar-refractivity contribution in [2.45, 2.75) is 25.9 Å². The van der Waals surface area contributed by atoms with Gasteiger partial charge in [0, 0.05) is 5.56 Å². The molecule has 1 aliphatic heterocycles. The van der Waals surface area contributed by atoms with Gasteiger partial charge in [-0.05, 0) is 43.6 Å². The maximum atomic E-state index is 12.0. The van der Waals surface area contributed by atoms with Gasteiger partial charge in [0.15, 0.2) is 0 Å². The van der Waals surface area contributed by atoms with Crippen molar-refractivity contribution in [1.82, 2.24) is 10.3 Å². The minimum absolute atomic E-state index is 0.0779. The predicted molar refractivity (Wildman–Crippen MR) is 103 cm³/mol. The number of likely N-dealkylation sites (tertiary alicyclic amines) is 1. The van der Waals surface area contributed by atoms with E-state index in [0.29, 0.717) is 13.2 Å². The average Bonchev–Trinajstić information content (AvgIpc) is 2.69. The number of amides is 1. The Balaban J connectivity index is 1.52. The Bertz CT molecular complexity index is 725. The van der Waals surface area contributed by atoms with Crippen LogP contribution >= 0.6 is 0 Å². The Kier molecular flexibility index (Phi) is 6.79. The van der Waals surface area contributed by atoms with Gasteiger partial charge in [0.2, 0.25) is 0 Å². The highest BCUT2D eigenvalue weighted by Crippen LogP contribution is 2.17. The summed E-state index contributed by atoms with van der Waals surface area (Å²) < 4.78 is 5.89. The zero-order valence-electron chi connectivity index (χ0n) is 14.9. The van der Waals surface area contributed by atoms with Crippen LogP contribution < -0.4 is 10.2 Å². The van der Waals surface area contributed by atoms with Crippen LogP contribution in [-0.4, -0.2) is 36.7 Å². The predicted octanol–water partition coefficient (Wildman–Crippen LogP) is 3.20. The quantitative estimate of drug-likeness (QED) is 0.616. The van der Waals surface area contributed by atoms with Crippen molar-refractivity contribution in [3.05, 3.63) is 65.7 Å². The Morgan fingerprint density at radius 3 is 2.58 bits per heavy atom. The molecule has 0 unspecified atom stereocenters. The number of nitrogens with one attached hydrogen (secondary N) is 1. The highest BCUT2D eigenvalue weighted by molar-refractivity contribution is 5.85. The monoisotopic (exact) mass is 351 g/mol. The molecule has 1 saturated heterocycles. The Morgan fingerprint density at radius 1 is 1.04 bits per heavy atom. The van der Waals surface area contributed by atoms with Crippen molar-refractivity contribution in [3.63, 3.8) is 0 Å².